The molecule has 0 saturated carbocycles. The van der Waals surface area contributed by atoms with Gasteiger partial charge in [-0.25, -0.2) is 4.39 Å². The summed E-state index contributed by atoms with van der Waals surface area (Å²) in [4.78, 5) is 1.97. The minimum Gasteiger partial charge on any atom is -0.394 e. The van der Waals surface area contributed by atoms with Gasteiger partial charge in [0.25, 0.3) is 0 Å². The number of hydrogen-bond donors (Lipinski definition) is 3. The number of aliphatic hydroxyl groups excluding tert-OH is 1. The first-order valence-corrected chi connectivity index (χ1v) is 6.50. The number of halogens is 1. The maximum absolute atomic E-state index is 13.3. The highest BCUT2D eigenvalue weighted by Gasteiger charge is 2.34. The molecule has 5 nitrogen and oxygen atoms in total. The summed E-state index contributed by atoms with van der Waals surface area (Å²) in [6.07, 6.45) is -0.316. The fourth-order valence-corrected chi connectivity index (χ4v) is 2.57. The van der Waals surface area contributed by atoms with Gasteiger partial charge in [0, 0.05) is 24.3 Å². The molecule has 1 heterocycles. The Labute approximate surface area is 117 Å². The predicted octanol–water partition coefficient (Wildman–Crippen LogP) is 1.09. The van der Waals surface area contributed by atoms with Gasteiger partial charge in [-0.2, -0.15) is 0 Å². The van der Waals surface area contributed by atoms with Crippen LogP contribution in [0.15, 0.2) is 18.2 Å². The lowest BCUT2D eigenvalue weighted by Gasteiger charge is -2.43. The van der Waals surface area contributed by atoms with Gasteiger partial charge in [-0.15, -0.1) is 0 Å². The predicted molar refractivity (Wildman–Crippen MR) is 75.7 cm³/mol. The average molecular weight is 281 g/mol. The van der Waals surface area contributed by atoms with Gasteiger partial charge in [0.1, 0.15) is 11.7 Å². The van der Waals surface area contributed by atoms with Crippen molar-refractivity contribution < 1.29 is 14.2 Å². The molecule has 0 aliphatic carbocycles. The number of aliphatic hydroxyl groups is 1. The first-order valence-electron chi connectivity index (χ1n) is 6.50. The van der Waals surface area contributed by atoms with Crippen LogP contribution in [0.3, 0.4) is 0 Å². The highest BCUT2D eigenvalue weighted by atomic mass is 19.1. The standard InChI is InChI=1S/C14H20FN3O2/c1-14(2)8-18(6-10(7-19)20-14)12-4-3-9(15)5-11(12)13(16)17/h3-5,10,19H,6-8H2,1-2H3,(H3,16,17). The average Bonchev–Trinajstić information content (AvgIpc) is 2.36. The van der Waals surface area contributed by atoms with E-state index < -0.39 is 11.4 Å². The Morgan fingerprint density at radius 2 is 2.30 bits per heavy atom. The Hall–Kier alpha value is -1.66. The van der Waals surface area contributed by atoms with E-state index in [0.29, 0.717) is 24.3 Å². The maximum Gasteiger partial charge on any atom is 0.125 e. The van der Waals surface area contributed by atoms with Gasteiger partial charge in [-0.3, -0.25) is 5.41 Å². The van der Waals surface area contributed by atoms with Crippen molar-refractivity contribution in [2.75, 3.05) is 24.6 Å². The Bertz CT molecular complexity index is 519. The maximum atomic E-state index is 13.3. The van der Waals surface area contributed by atoms with Crippen molar-refractivity contribution >= 4 is 11.5 Å². The summed E-state index contributed by atoms with van der Waals surface area (Å²) in [5.74, 6) is -0.602. The smallest absolute Gasteiger partial charge is 0.125 e. The molecule has 1 aromatic carbocycles. The number of nitrogen functional groups attached to an aromatic ring is 1. The molecule has 1 aliphatic heterocycles. The van der Waals surface area contributed by atoms with E-state index in [1.165, 1.54) is 12.1 Å². The van der Waals surface area contributed by atoms with Crippen molar-refractivity contribution in [1.82, 2.24) is 0 Å². The van der Waals surface area contributed by atoms with E-state index in [2.05, 4.69) is 0 Å². The largest absolute Gasteiger partial charge is 0.394 e. The van der Waals surface area contributed by atoms with Crippen LogP contribution in [0.2, 0.25) is 0 Å². The summed E-state index contributed by atoms with van der Waals surface area (Å²) in [7, 11) is 0. The van der Waals surface area contributed by atoms with E-state index in [0.717, 1.165) is 0 Å². The first-order chi connectivity index (χ1) is 9.32. The third kappa shape index (κ3) is 3.08. The number of nitrogens with one attached hydrogen (secondary N) is 1. The van der Waals surface area contributed by atoms with Crippen molar-refractivity contribution in [1.29, 1.82) is 5.41 Å². The van der Waals surface area contributed by atoms with Crippen LogP contribution in [0.25, 0.3) is 0 Å². The molecular formula is C14H20FN3O2. The minimum atomic E-state index is -0.436. The molecule has 110 valence electrons. The molecule has 0 aromatic heterocycles. The Kier molecular flexibility index (Phi) is 3.96. The van der Waals surface area contributed by atoms with E-state index in [4.69, 9.17) is 15.9 Å². The highest BCUT2D eigenvalue weighted by Crippen LogP contribution is 2.28. The van der Waals surface area contributed by atoms with Crippen LogP contribution in [0.5, 0.6) is 0 Å². The molecule has 0 radical (unpaired) electrons. The number of nitrogens with two attached hydrogens (primary N) is 1. The number of nitrogens with zero attached hydrogens (tertiary/aromatic N) is 1. The van der Waals surface area contributed by atoms with E-state index >= 15 is 0 Å². The number of hydrogen-bond acceptors (Lipinski definition) is 4. The molecule has 1 atom stereocenters. The molecule has 1 unspecified atom stereocenters. The quantitative estimate of drug-likeness (QED) is 0.572. The zero-order valence-electron chi connectivity index (χ0n) is 11.7. The molecule has 1 aliphatic rings. The van der Waals surface area contributed by atoms with Crippen molar-refractivity contribution in [3.63, 3.8) is 0 Å². The molecule has 6 heteroatoms. The van der Waals surface area contributed by atoms with Gasteiger partial charge in [0.15, 0.2) is 0 Å². The third-order valence-corrected chi connectivity index (χ3v) is 3.27. The number of benzene rings is 1. The number of amidine groups is 1. The van der Waals surface area contributed by atoms with Gasteiger partial charge in [0.2, 0.25) is 0 Å². The van der Waals surface area contributed by atoms with E-state index in [1.807, 2.05) is 18.7 Å². The summed E-state index contributed by atoms with van der Waals surface area (Å²) in [6.45, 7) is 4.83. The zero-order valence-corrected chi connectivity index (χ0v) is 11.7. The molecule has 20 heavy (non-hydrogen) atoms. The first kappa shape index (κ1) is 14.7. The molecule has 0 bridgehead atoms. The lowest BCUT2D eigenvalue weighted by atomic mass is 10.0. The fraction of sp³-hybridized carbons (Fsp3) is 0.500. The van der Waals surface area contributed by atoms with Crippen LogP contribution < -0.4 is 10.6 Å². The summed E-state index contributed by atoms with van der Waals surface area (Å²) in [6, 6.07) is 4.22. The Balaban J connectivity index is 2.37. The summed E-state index contributed by atoms with van der Waals surface area (Å²) < 4.78 is 19.1. The summed E-state index contributed by atoms with van der Waals surface area (Å²) >= 11 is 0. The van der Waals surface area contributed by atoms with Crippen LogP contribution >= 0.6 is 0 Å². The number of anilines is 1. The molecule has 0 amide bonds. The zero-order chi connectivity index (χ0) is 14.9. The SMILES string of the molecule is CC1(C)CN(c2ccc(F)cc2C(=N)N)CC(CO)O1. The number of ether oxygens (including phenoxy) is 1. The van der Waals surface area contributed by atoms with Gasteiger partial charge in [0.05, 0.1) is 18.3 Å². The van der Waals surface area contributed by atoms with Crippen molar-refractivity contribution in [3.8, 4) is 0 Å². The molecule has 1 saturated heterocycles. The monoisotopic (exact) mass is 281 g/mol. The lowest BCUT2D eigenvalue weighted by molar-refractivity contribution is -0.101. The van der Waals surface area contributed by atoms with Crippen LogP contribution in [0.4, 0.5) is 10.1 Å². The number of morpholine rings is 1. The van der Waals surface area contributed by atoms with Gasteiger partial charge >= 0.3 is 0 Å². The molecule has 0 spiro atoms. The van der Waals surface area contributed by atoms with Crippen LogP contribution in [-0.4, -0.2) is 42.3 Å². The Morgan fingerprint density at radius 1 is 1.60 bits per heavy atom. The van der Waals surface area contributed by atoms with Crippen molar-refractivity contribution in [2.24, 2.45) is 5.73 Å². The highest BCUT2D eigenvalue weighted by molar-refractivity contribution is 6.00. The molecular weight excluding hydrogens is 261 g/mol. The van der Waals surface area contributed by atoms with Crippen LogP contribution in [0, 0.1) is 11.2 Å². The topological polar surface area (TPSA) is 82.6 Å². The van der Waals surface area contributed by atoms with Crippen LogP contribution in [-0.2, 0) is 4.74 Å². The molecule has 1 aromatic rings. The normalized spacial score (nSPS) is 21.8. The lowest BCUT2D eigenvalue weighted by Crippen LogP contribution is -2.54. The van der Waals surface area contributed by atoms with Crippen molar-refractivity contribution in [2.45, 2.75) is 25.6 Å². The number of rotatable bonds is 3. The fourth-order valence-electron chi connectivity index (χ4n) is 2.57. The van der Waals surface area contributed by atoms with E-state index in [1.54, 1.807) is 6.07 Å². The second-order valence-electron chi connectivity index (χ2n) is 5.64. The second-order valence-corrected chi connectivity index (χ2v) is 5.64. The molecule has 1 fully saturated rings. The molecule has 4 N–H and O–H groups in total. The second kappa shape index (κ2) is 5.38. The molecule has 2 rings (SSSR count). The van der Waals surface area contributed by atoms with Crippen LogP contribution in [0.1, 0.15) is 19.4 Å². The summed E-state index contributed by atoms with van der Waals surface area (Å²) in [5.41, 5.74) is 6.15. The van der Waals surface area contributed by atoms with Crippen molar-refractivity contribution in [3.05, 3.63) is 29.6 Å². The van der Waals surface area contributed by atoms with Gasteiger partial charge < -0.3 is 20.5 Å². The van der Waals surface area contributed by atoms with E-state index in [9.17, 15) is 9.50 Å². The van der Waals surface area contributed by atoms with Gasteiger partial charge in [-0.1, -0.05) is 0 Å². The summed E-state index contributed by atoms with van der Waals surface area (Å²) in [5, 5.41) is 16.9. The van der Waals surface area contributed by atoms with Gasteiger partial charge in [-0.05, 0) is 32.0 Å². The third-order valence-electron chi connectivity index (χ3n) is 3.27. The Morgan fingerprint density at radius 3 is 2.90 bits per heavy atom. The van der Waals surface area contributed by atoms with E-state index in [-0.39, 0.29) is 18.5 Å². The minimum absolute atomic E-state index is 0.0868.